The summed E-state index contributed by atoms with van der Waals surface area (Å²) < 4.78 is 16.3. The van der Waals surface area contributed by atoms with Gasteiger partial charge in [0.15, 0.2) is 16.7 Å². The number of carbonyl (C=O) groups excluding carboxylic acids is 2. The summed E-state index contributed by atoms with van der Waals surface area (Å²) in [6.07, 6.45) is 1.66. The van der Waals surface area contributed by atoms with Crippen LogP contribution in [0.25, 0.3) is 6.08 Å². The number of rotatable bonds is 8. The molecule has 0 fully saturated rings. The van der Waals surface area contributed by atoms with E-state index in [0.29, 0.717) is 39.4 Å². The molecular weight excluding hydrogens is 502 g/mol. The summed E-state index contributed by atoms with van der Waals surface area (Å²) in [6.45, 7) is 3.77. The lowest BCUT2D eigenvalue weighted by Crippen LogP contribution is -2.33. The number of aryl methyl sites for hydroxylation is 1. The molecule has 0 radical (unpaired) electrons. The molecule has 1 aliphatic rings. The van der Waals surface area contributed by atoms with Gasteiger partial charge < -0.3 is 19.5 Å². The molecule has 3 aromatic rings. The Kier molecular flexibility index (Phi) is 8.38. The Labute approximate surface area is 226 Å². The first-order valence-corrected chi connectivity index (χ1v) is 12.8. The summed E-state index contributed by atoms with van der Waals surface area (Å²) in [6, 6.07) is 20.3. The maximum Gasteiger partial charge on any atom is 0.283 e. The number of amides is 2. The third-order valence-corrected chi connectivity index (χ3v) is 6.86. The zero-order valence-corrected chi connectivity index (χ0v) is 22.7. The van der Waals surface area contributed by atoms with Crippen LogP contribution < -0.4 is 24.4 Å². The molecule has 0 aliphatic carbocycles. The van der Waals surface area contributed by atoms with Gasteiger partial charge in [-0.05, 0) is 61.9 Å². The topological polar surface area (TPSA) is 89.5 Å². The summed E-state index contributed by atoms with van der Waals surface area (Å²) in [5, 5.41) is 2.81. The molecule has 0 aromatic heterocycles. The van der Waals surface area contributed by atoms with Crippen LogP contribution in [0.15, 0.2) is 77.4 Å². The van der Waals surface area contributed by atoms with Gasteiger partial charge in [-0.1, -0.05) is 47.7 Å². The second-order valence-corrected chi connectivity index (χ2v) is 9.78. The fourth-order valence-electron chi connectivity index (χ4n) is 3.82. The fraction of sp³-hybridized carbons (Fsp3) is 0.207. The fourth-order valence-corrected chi connectivity index (χ4v) is 4.74. The lowest BCUT2D eigenvalue weighted by Gasteiger charge is -2.20. The molecule has 1 N–H and O–H groups in total. The highest BCUT2D eigenvalue weighted by Gasteiger charge is 2.34. The average molecular weight is 532 g/mol. The van der Waals surface area contributed by atoms with Crippen molar-refractivity contribution in [3.05, 3.63) is 83.6 Å². The van der Waals surface area contributed by atoms with Crippen LogP contribution in [0.2, 0.25) is 0 Å². The van der Waals surface area contributed by atoms with E-state index in [1.807, 2.05) is 61.5 Å². The van der Waals surface area contributed by atoms with Crippen molar-refractivity contribution < 1.29 is 23.8 Å². The number of carbonyl (C=O) groups is 2. The summed E-state index contributed by atoms with van der Waals surface area (Å²) >= 11 is 1.21. The molecule has 1 heterocycles. The number of methoxy groups -OCH3 is 3. The SMILES string of the molecule is COc1cc(/C=C2/N=C(SC(C)C(=O)Nc3ccc(C)cc3)N(c3ccccc3)C2=O)cc(OC)c1OC. The molecule has 196 valence electrons. The van der Waals surface area contributed by atoms with Crippen LogP contribution in [0.1, 0.15) is 18.1 Å². The number of para-hydroxylation sites is 1. The highest BCUT2D eigenvalue weighted by Crippen LogP contribution is 2.39. The van der Waals surface area contributed by atoms with E-state index in [9.17, 15) is 9.59 Å². The molecule has 3 aromatic carbocycles. The molecular formula is C29H29N3O5S. The van der Waals surface area contributed by atoms with Gasteiger partial charge in [0.1, 0.15) is 5.70 Å². The van der Waals surface area contributed by atoms with E-state index in [2.05, 4.69) is 10.3 Å². The highest BCUT2D eigenvalue weighted by atomic mass is 32.2. The van der Waals surface area contributed by atoms with Gasteiger partial charge in [0.25, 0.3) is 5.91 Å². The molecule has 2 amide bonds. The third-order valence-electron chi connectivity index (χ3n) is 5.80. The predicted molar refractivity (Wildman–Crippen MR) is 152 cm³/mol. The average Bonchev–Trinajstić information content (AvgIpc) is 3.23. The van der Waals surface area contributed by atoms with Gasteiger partial charge in [-0.25, -0.2) is 4.99 Å². The van der Waals surface area contributed by atoms with Crippen molar-refractivity contribution in [3.63, 3.8) is 0 Å². The number of thioether (sulfide) groups is 1. The molecule has 38 heavy (non-hydrogen) atoms. The minimum absolute atomic E-state index is 0.191. The number of hydrogen-bond donors (Lipinski definition) is 1. The predicted octanol–water partition coefficient (Wildman–Crippen LogP) is 5.52. The zero-order chi connectivity index (χ0) is 27.2. The van der Waals surface area contributed by atoms with Crippen LogP contribution in [0.5, 0.6) is 17.2 Å². The van der Waals surface area contributed by atoms with E-state index >= 15 is 0 Å². The van der Waals surface area contributed by atoms with Crippen molar-refractivity contribution >= 4 is 46.2 Å². The van der Waals surface area contributed by atoms with Crippen LogP contribution in [0, 0.1) is 6.92 Å². The second-order valence-electron chi connectivity index (χ2n) is 8.47. The van der Waals surface area contributed by atoms with E-state index in [4.69, 9.17) is 14.2 Å². The number of ether oxygens (including phenoxy) is 3. The Morgan fingerprint density at radius 2 is 1.61 bits per heavy atom. The Balaban J connectivity index is 1.66. The van der Waals surface area contributed by atoms with E-state index in [1.54, 1.807) is 25.1 Å². The molecule has 0 bridgehead atoms. The normalized spacial score (nSPS) is 14.8. The monoisotopic (exact) mass is 531 g/mol. The number of aliphatic imine (C=N–C) groups is 1. The second kappa shape index (κ2) is 11.9. The van der Waals surface area contributed by atoms with Crippen molar-refractivity contribution in [3.8, 4) is 17.2 Å². The summed E-state index contributed by atoms with van der Waals surface area (Å²) in [7, 11) is 4.59. The molecule has 0 spiro atoms. The number of nitrogens with one attached hydrogen (secondary N) is 1. The Morgan fingerprint density at radius 3 is 2.18 bits per heavy atom. The van der Waals surface area contributed by atoms with E-state index in [-0.39, 0.29) is 17.5 Å². The maximum absolute atomic E-state index is 13.6. The quantitative estimate of drug-likeness (QED) is 0.385. The molecule has 0 saturated carbocycles. The van der Waals surface area contributed by atoms with Crippen molar-refractivity contribution in [2.24, 2.45) is 4.99 Å². The van der Waals surface area contributed by atoms with Crippen LogP contribution >= 0.6 is 11.8 Å². The lowest BCUT2D eigenvalue weighted by molar-refractivity contribution is -0.115. The van der Waals surface area contributed by atoms with Crippen LogP contribution in [0.4, 0.5) is 11.4 Å². The van der Waals surface area contributed by atoms with E-state index in [1.165, 1.54) is 38.0 Å². The van der Waals surface area contributed by atoms with Gasteiger partial charge in [0.05, 0.1) is 32.3 Å². The van der Waals surface area contributed by atoms with Crippen molar-refractivity contribution in [2.45, 2.75) is 19.1 Å². The zero-order valence-electron chi connectivity index (χ0n) is 21.8. The first kappa shape index (κ1) is 26.8. The van der Waals surface area contributed by atoms with Crippen LogP contribution in [-0.4, -0.2) is 43.6 Å². The molecule has 8 nitrogen and oxygen atoms in total. The number of amidine groups is 1. The van der Waals surface area contributed by atoms with Gasteiger partial charge in [0.2, 0.25) is 11.7 Å². The number of anilines is 2. The lowest BCUT2D eigenvalue weighted by atomic mass is 10.1. The Hall–Kier alpha value is -4.24. The smallest absolute Gasteiger partial charge is 0.283 e. The van der Waals surface area contributed by atoms with Crippen molar-refractivity contribution in [1.82, 2.24) is 0 Å². The summed E-state index contributed by atoms with van der Waals surface area (Å²) in [5.41, 5.74) is 3.34. The first-order chi connectivity index (χ1) is 18.3. The van der Waals surface area contributed by atoms with Gasteiger partial charge in [-0.15, -0.1) is 0 Å². The molecule has 1 aliphatic heterocycles. The molecule has 9 heteroatoms. The van der Waals surface area contributed by atoms with Gasteiger partial charge in [-0.2, -0.15) is 0 Å². The minimum atomic E-state index is -0.519. The maximum atomic E-state index is 13.6. The highest BCUT2D eigenvalue weighted by molar-refractivity contribution is 8.15. The third kappa shape index (κ3) is 5.84. The molecule has 4 rings (SSSR count). The van der Waals surface area contributed by atoms with E-state index < -0.39 is 5.25 Å². The van der Waals surface area contributed by atoms with Gasteiger partial charge in [0, 0.05) is 5.69 Å². The first-order valence-electron chi connectivity index (χ1n) is 11.9. The Bertz CT molecular complexity index is 1360. The largest absolute Gasteiger partial charge is 0.493 e. The van der Waals surface area contributed by atoms with Crippen molar-refractivity contribution in [1.29, 1.82) is 0 Å². The molecule has 1 atom stereocenters. The number of benzene rings is 3. The van der Waals surface area contributed by atoms with Gasteiger partial charge in [-0.3, -0.25) is 14.5 Å². The van der Waals surface area contributed by atoms with Crippen LogP contribution in [0.3, 0.4) is 0 Å². The summed E-state index contributed by atoms with van der Waals surface area (Å²) in [4.78, 5) is 32.7. The van der Waals surface area contributed by atoms with E-state index in [0.717, 1.165) is 5.56 Å². The summed E-state index contributed by atoms with van der Waals surface area (Å²) in [5.74, 6) is 0.879. The molecule has 0 saturated heterocycles. The Morgan fingerprint density at radius 1 is 0.974 bits per heavy atom. The minimum Gasteiger partial charge on any atom is -0.493 e. The molecule has 1 unspecified atom stereocenters. The van der Waals surface area contributed by atoms with Crippen LogP contribution in [-0.2, 0) is 9.59 Å². The van der Waals surface area contributed by atoms with Gasteiger partial charge >= 0.3 is 0 Å². The number of nitrogens with zero attached hydrogens (tertiary/aromatic N) is 2. The standard InChI is InChI=1S/C29H29N3O5S/c1-18-11-13-21(14-12-18)30-27(33)19(2)38-29-31-23(28(34)32(29)22-9-7-6-8-10-22)15-20-16-24(35-3)26(37-5)25(17-20)36-4/h6-17,19H,1-5H3,(H,30,33)/b23-15+. The van der Waals surface area contributed by atoms with Crippen molar-refractivity contribution in [2.75, 3.05) is 31.5 Å². The number of hydrogen-bond acceptors (Lipinski definition) is 7.